The number of H-pyrrole nitrogens is 1. The summed E-state index contributed by atoms with van der Waals surface area (Å²) in [5.74, 6) is 0.0429. The summed E-state index contributed by atoms with van der Waals surface area (Å²) in [4.78, 5) is 27.5. The standard InChI is InChI=1S/C16H18N2O2/c19-15-12-7-4-8-14(12)17-10-13(15)16(20)18-9-11-5-2-1-3-6-11/h1-3,5,10-11H,4,6-9H2,(H,17,19)(H,18,20). The number of carbonyl (C=O) groups excluding carboxylic acids is 1. The van der Waals surface area contributed by atoms with E-state index in [1.165, 1.54) is 0 Å². The van der Waals surface area contributed by atoms with Crippen molar-refractivity contribution in [2.24, 2.45) is 5.92 Å². The highest BCUT2D eigenvalue weighted by molar-refractivity contribution is 5.94. The minimum absolute atomic E-state index is 0.104. The molecule has 0 aliphatic heterocycles. The Morgan fingerprint density at radius 1 is 1.35 bits per heavy atom. The average molecular weight is 270 g/mol. The molecule has 4 heteroatoms. The highest BCUT2D eigenvalue weighted by Gasteiger charge is 2.20. The molecule has 0 aromatic carbocycles. The molecule has 1 aromatic rings. The van der Waals surface area contributed by atoms with Gasteiger partial charge >= 0.3 is 0 Å². The van der Waals surface area contributed by atoms with Gasteiger partial charge in [-0.25, -0.2) is 0 Å². The van der Waals surface area contributed by atoms with Crippen LogP contribution in [0.2, 0.25) is 0 Å². The first-order valence-corrected chi connectivity index (χ1v) is 7.10. The predicted octanol–water partition coefficient (Wildman–Crippen LogP) is 1.73. The molecule has 2 N–H and O–H groups in total. The fourth-order valence-electron chi connectivity index (χ4n) is 2.81. The molecule has 1 amide bonds. The van der Waals surface area contributed by atoms with Gasteiger partial charge in [0, 0.05) is 24.0 Å². The molecule has 4 nitrogen and oxygen atoms in total. The van der Waals surface area contributed by atoms with Crippen LogP contribution in [0.5, 0.6) is 0 Å². The van der Waals surface area contributed by atoms with Gasteiger partial charge in [0.1, 0.15) is 5.56 Å². The van der Waals surface area contributed by atoms with Crippen molar-refractivity contribution in [3.05, 3.63) is 57.5 Å². The number of fused-ring (bicyclic) bond motifs is 1. The quantitative estimate of drug-likeness (QED) is 0.878. The Morgan fingerprint density at radius 2 is 2.25 bits per heavy atom. The number of aromatic amines is 1. The number of hydrogen-bond donors (Lipinski definition) is 2. The number of rotatable bonds is 3. The first kappa shape index (κ1) is 12.9. The lowest BCUT2D eigenvalue weighted by atomic mass is 10.0. The topological polar surface area (TPSA) is 62.0 Å². The van der Waals surface area contributed by atoms with E-state index in [0.717, 1.165) is 36.9 Å². The van der Waals surface area contributed by atoms with E-state index < -0.39 is 0 Å². The summed E-state index contributed by atoms with van der Waals surface area (Å²) in [5, 5.41) is 2.86. The van der Waals surface area contributed by atoms with Gasteiger partial charge in [-0.1, -0.05) is 24.3 Å². The molecule has 2 aliphatic carbocycles. The molecule has 3 rings (SSSR count). The molecule has 0 saturated heterocycles. The zero-order chi connectivity index (χ0) is 13.9. The number of allylic oxidation sites excluding steroid dienone is 3. The smallest absolute Gasteiger partial charge is 0.256 e. The fourth-order valence-corrected chi connectivity index (χ4v) is 2.81. The number of hydrogen-bond acceptors (Lipinski definition) is 2. The number of nitrogens with one attached hydrogen (secondary N) is 2. The van der Waals surface area contributed by atoms with Gasteiger partial charge in [-0.3, -0.25) is 9.59 Å². The van der Waals surface area contributed by atoms with Gasteiger partial charge in [-0.2, -0.15) is 0 Å². The third-order valence-electron chi connectivity index (χ3n) is 3.97. The number of amides is 1. The summed E-state index contributed by atoms with van der Waals surface area (Å²) >= 11 is 0. The Balaban J connectivity index is 1.70. The second-order valence-corrected chi connectivity index (χ2v) is 5.36. The van der Waals surface area contributed by atoms with E-state index in [1.807, 2.05) is 12.2 Å². The highest BCUT2D eigenvalue weighted by Crippen LogP contribution is 2.16. The van der Waals surface area contributed by atoms with Gasteiger partial charge in [0.25, 0.3) is 5.91 Å². The lowest BCUT2D eigenvalue weighted by molar-refractivity contribution is 0.0948. The van der Waals surface area contributed by atoms with Crippen molar-refractivity contribution in [3.8, 4) is 0 Å². The van der Waals surface area contributed by atoms with Crippen LogP contribution in [0.4, 0.5) is 0 Å². The van der Waals surface area contributed by atoms with Gasteiger partial charge in [-0.15, -0.1) is 0 Å². The van der Waals surface area contributed by atoms with Crippen molar-refractivity contribution in [2.75, 3.05) is 6.54 Å². The number of pyridine rings is 1. The first-order valence-electron chi connectivity index (χ1n) is 7.10. The Bertz CT molecular complexity index is 640. The summed E-state index contributed by atoms with van der Waals surface area (Å²) in [5.41, 5.74) is 1.92. The van der Waals surface area contributed by atoms with Crippen LogP contribution in [0, 0.1) is 5.92 Å². The molecule has 0 radical (unpaired) electrons. The van der Waals surface area contributed by atoms with Crippen LogP contribution >= 0.6 is 0 Å². The summed E-state index contributed by atoms with van der Waals surface area (Å²) < 4.78 is 0. The molecule has 104 valence electrons. The van der Waals surface area contributed by atoms with E-state index in [2.05, 4.69) is 22.5 Å². The average Bonchev–Trinajstić information content (AvgIpc) is 2.96. The largest absolute Gasteiger partial charge is 0.364 e. The van der Waals surface area contributed by atoms with Gasteiger partial charge in [0.15, 0.2) is 5.43 Å². The van der Waals surface area contributed by atoms with Crippen LogP contribution in [-0.4, -0.2) is 17.4 Å². The van der Waals surface area contributed by atoms with Crippen LogP contribution in [-0.2, 0) is 12.8 Å². The van der Waals surface area contributed by atoms with E-state index in [1.54, 1.807) is 6.20 Å². The highest BCUT2D eigenvalue weighted by atomic mass is 16.2. The zero-order valence-corrected chi connectivity index (χ0v) is 11.3. The molecule has 20 heavy (non-hydrogen) atoms. The van der Waals surface area contributed by atoms with E-state index in [-0.39, 0.29) is 16.9 Å². The van der Waals surface area contributed by atoms with Crippen LogP contribution in [0.1, 0.15) is 34.5 Å². The van der Waals surface area contributed by atoms with Crippen molar-refractivity contribution in [2.45, 2.75) is 25.7 Å². The molecule has 1 heterocycles. The normalized spacial score (nSPS) is 19.9. The summed E-state index contributed by atoms with van der Waals surface area (Å²) in [6, 6.07) is 0. The maximum absolute atomic E-state index is 12.2. The molecule has 1 aromatic heterocycles. The van der Waals surface area contributed by atoms with Crippen molar-refractivity contribution in [1.29, 1.82) is 0 Å². The predicted molar refractivity (Wildman–Crippen MR) is 77.8 cm³/mol. The van der Waals surface area contributed by atoms with E-state index in [0.29, 0.717) is 12.5 Å². The molecule has 1 atom stereocenters. The lowest BCUT2D eigenvalue weighted by Gasteiger charge is -2.13. The maximum atomic E-state index is 12.2. The minimum Gasteiger partial charge on any atom is -0.364 e. The first-order chi connectivity index (χ1) is 9.75. The van der Waals surface area contributed by atoms with Gasteiger partial charge in [-0.05, 0) is 31.6 Å². The van der Waals surface area contributed by atoms with Gasteiger partial charge in [0.05, 0.1) is 0 Å². The molecule has 1 unspecified atom stereocenters. The fraction of sp³-hybridized carbons (Fsp3) is 0.375. The molecule has 0 spiro atoms. The van der Waals surface area contributed by atoms with Gasteiger partial charge < -0.3 is 10.3 Å². The molecule has 0 saturated carbocycles. The zero-order valence-electron chi connectivity index (χ0n) is 11.3. The third-order valence-corrected chi connectivity index (χ3v) is 3.97. The number of carbonyl (C=O) groups is 1. The second kappa shape index (κ2) is 5.49. The molecule has 2 aliphatic rings. The van der Waals surface area contributed by atoms with Crippen molar-refractivity contribution >= 4 is 5.91 Å². The summed E-state index contributed by atoms with van der Waals surface area (Å²) in [6.45, 7) is 0.566. The number of aryl methyl sites for hydroxylation is 1. The van der Waals surface area contributed by atoms with Crippen molar-refractivity contribution < 1.29 is 4.79 Å². The van der Waals surface area contributed by atoms with Crippen molar-refractivity contribution in [1.82, 2.24) is 10.3 Å². The van der Waals surface area contributed by atoms with E-state index in [9.17, 15) is 9.59 Å². The number of aromatic nitrogens is 1. The second-order valence-electron chi connectivity index (χ2n) is 5.36. The Labute approximate surface area is 117 Å². The summed E-state index contributed by atoms with van der Waals surface area (Å²) in [6.07, 6.45) is 13.3. The minimum atomic E-state index is -0.274. The monoisotopic (exact) mass is 270 g/mol. The Hall–Kier alpha value is -2.10. The van der Waals surface area contributed by atoms with Crippen molar-refractivity contribution in [3.63, 3.8) is 0 Å². The molecule has 0 fully saturated rings. The van der Waals surface area contributed by atoms with Crippen LogP contribution in [0.15, 0.2) is 35.3 Å². The van der Waals surface area contributed by atoms with Crippen LogP contribution < -0.4 is 10.7 Å². The van der Waals surface area contributed by atoms with E-state index >= 15 is 0 Å². The molecule has 0 bridgehead atoms. The molecular formula is C16H18N2O2. The lowest BCUT2D eigenvalue weighted by Crippen LogP contribution is -2.33. The SMILES string of the molecule is O=C(NCC1C=CC=CC1)c1c[nH]c2c(c1=O)CCC2. The Kier molecular flexibility index (Phi) is 3.54. The van der Waals surface area contributed by atoms with Crippen LogP contribution in [0.25, 0.3) is 0 Å². The Morgan fingerprint density at radius 3 is 3.05 bits per heavy atom. The summed E-state index contributed by atoms with van der Waals surface area (Å²) in [7, 11) is 0. The maximum Gasteiger partial charge on any atom is 0.256 e. The third kappa shape index (κ3) is 2.46. The van der Waals surface area contributed by atoms with Gasteiger partial charge in [0.2, 0.25) is 0 Å². The van der Waals surface area contributed by atoms with Crippen LogP contribution in [0.3, 0.4) is 0 Å². The van der Waals surface area contributed by atoms with E-state index in [4.69, 9.17) is 0 Å². The molecular weight excluding hydrogens is 252 g/mol.